The molecular formula is C20H23FN2O. The van der Waals surface area contributed by atoms with Gasteiger partial charge in [-0.1, -0.05) is 30.7 Å². The van der Waals surface area contributed by atoms with Crippen LogP contribution in [0.15, 0.2) is 48.5 Å². The Labute approximate surface area is 142 Å². The predicted molar refractivity (Wildman–Crippen MR) is 94.3 cm³/mol. The minimum Gasteiger partial charge on any atom is -0.326 e. The van der Waals surface area contributed by atoms with E-state index in [2.05, 4.69) is 22.3 Å². The van der Waals surface area contributed by atoms with Crippen molar-refractivity contribution >= 4 is 11.6 Å². The molecule has 2 aromatic carbocycles. The van der Waals surface area contributed by atoms with E-state index in [1.54, 1.807) is 12.1 Å². The molecule has 3 rings (SSSR count). The Morgan fingerprint density at radius 3 is 2.21 bits per heavy atom. The van der Waals surface area contributed by atoms with Gasteiger partial charge in [-0.15, -0.1) is 0 Å². The van der Waals surface area contributed by atoms with E-state index >= 15 is 0 Å². The summed E-state index contributed by atoms with van der Waals surface area (Å²) in [5, 5.41) is 2.89. The first-order valence-corrected chi connectivity index (χ1v) is 8.55. The molecule has 1 aliphatic rings. The van der Waals surface area contributed by atoms with Gasteiger partial charge in [0.1, 0.15) is 5.82 Å². The van der Waals surface area contributed by atoms with Crippen molar-refractivity contribution in [3.05, 3.63) is 65.5 Å². The van der Waals surface area contributed by atoms with E-state index in [0.29, 0.717) is 0 Å². The van der Waals surface area contributed by atoms with Crippen LogP contribution in [0.2, 0.25) is 0 Å². The molecule has 126 valence electrons. The van der Waals surface area contributed by atoms with Crippen molar-refractivity contribution in [2.75, 3.05) is 18.4 Å². The maximum absolute atomic E-state index is 12.9. The third kappa shape index (κ3) is 4.90. The van der Waals surface area contributed by atoms with Crippen LogP contribution in [0.3, 0.4) is 0 Å². The number of hydrogen-bond donors (Lipinski definition) is 1. The molecule has 1 aliphatic heterocycles. The Hall–Kier alpha value is -2.20. The Kier molecular flexibility index (Phi) is 5.59. The van der Waals surface area contributed by atoms with Crippen molar-refractivity contribution in [3.63, 3.8) is 0 Å². The fourth-order valence-electron chi connectivity index (χ4n) is 3.06. The van der Waals surface area contributed by atoms with Crippen LogP contribution >= 0.6 is 0 Å². The number of hydrogen-bond acceptors (Lipinski definition) is 2. The van der Waals surface area contributed by atoms with Gasteiger partial charge in [0.15, 0.2) is 0 Å². The molecule has 0 unspecified atom stereocenters. The fraction of sp³-hybridized carbons (Fsp3) is 0.350. The van der Waals surface area contributed by atoms with Crippen molar-refractivity contribution in [1.29, 1.82) is 0 Å². The number of amides is 1. The van der Waals surface area contributed by atoms with Crippen molar-refractivity contribution in [2.45, 2.75) is 32.2 Å². The second-order valence-corrected chi connectivity index (χ2v) is 6.39. The number of likely N-dealkylation sites (tertiary alicyclic amines) is 1. The zero-order valence-corrected chi connectivity index (χ0v) is 13.8. The summed E-state index contributed by atoms with van der Waals surface area (Å²) < 4.78 is 12.9. The summed E-state index contributed by atoms with van der Waals surface area (Å²) in [5.74, 6) is -0.381. The first kappa shape index (κ1) is 16.7. The maximum atomic E-state index is 12.9. The number of piperidine rings is 1. The Bertz CT molecular complexity index is 661. The highest BCUT2D eigenvalue weighted by Crippen LogP contribution is 2.15. The van der Waals surface area contributed by atoms with Gasteiger partial charge < -0.3 is 5.32 Å². The number of halogens is 1. The third-order valence-corrected chi connectivity index (χ3v) is 4.37. The second-order valence-electron chi connectivity index (χ2n) is 6.39. The number of carbonyl (C=O) groups is 1. The summed E-state index contributed by atoms with van der Waals surface area (Å²) in [4.78, 5) is 14.5. The summed E-state index contributed by atoms with van der Waals surface area (Å²) in [6.45, 7) is 3.33. The number of benzene rings is 2. The van der Waals surface area contributed by atoms with Gasteiger partial charge >= 0.3 is 0 Å². The summed E-state index contributed by atoms with van der Waals surface area (Å²) in [5.41, 5.74) is 2.87. The van der Waals surface area contributed by atoms with Crippen molar-refractivity contribution in [2.24, 2.45) is 0 Å². The molecule has 1 amide bonds. The molecule has 2 aromatic rings. The van der Waals surface area contributed by atoms with Crippen LogP contribution in [0, 0.1) is 5.82 Å². The average Bonchev–Trinajstić information content (AvgIpc) is 2.60. The molecule has 0 aromatic heterocycles. The van der Waals surface area contributed by atoms with E-state index < -0.39 is 0 Å². The largest absolute Gasteiger partial charge is 0.326 e. The fourth-order valence-corrected chi connectivity index (χ4v) is 3.06. The first-order chi connectivity index (χ1) is 11.7. The summed E-state index contributed by atoms with van der Waals surface area (Å²) >= 11 is 0. The summed E-state index contributed by atoms with van der Waals surface area (Å²) in [6, 6.07) is 14.1. The van der Waals surface area contributed by atoms with E-state index in [9.17, 15) is 9.18 Å². The quantitative estimate of drug-likeness (QED) is 0.901. The van der Waals surface area contributed by atoms with Gasteiger partial charge in [-0.05, 0) is 61.3 Å². The molecule has 0 atom stereocenters. The Morgan fingerprint density at radius 1 is 0.917 bits per heavy atom. The normalized spacial score (nSPS) is 15.2. The smallest absolute Gasteiger partial charge is 0.228 e. The molecule has 0 spiro atoms. The summed E-state index contributed by atoms with van der Waals surface area (Å²) in [6.07, 6.45) is 4.17. The van der Waals surface area contributed by atoms with Gasteiger partial charge in [-0.3, -0.25) is 9.69 Å². The monoisotopic (exact) mass is 326 g/mol. The van der Waals surface area contributed by atoms with Crippen LogP contribution in [0.1, 0.15) is 30.4 Å². The topological polar surface area (TPSA) is 32.3 Å². The molecule has 0 bridgehead atoms. The van der Waals surface area contributed by atoms with Crippen molar-refractivity contribution in [1.82, 2.24) is 4.90 Å². The third-order valence-electron chi connectivity index (χ3n) is 4.37. The lowest BCUT2D eigenvalue weighted by atomic mass is 10.1. The van der Waals surface area contributed by atoms with Crippen LogP contribution in [-0.2, 0) is 17.8 Å². The molecule has 1 N–H and O–H groups in total. The second kappa shape index (κ2) is 8.06. The molecule has 0 saturated carbocycles. The van der Waals surface area contributed by atoms with Crippen molar-refractivity contribution < 1.29 is 9.18 Å². The molecule has 0 aliphatic carbocycles. The van der Waals surface area contributed by atoms with E-state index in [1.165, 1.54) is 50.0 Å². The molecular weight excluding hydrogens is 303 g/mol. The highest BCUT2D eigenvalue weighted by molar-refractivity contribution is 5.92. The molecule has 0 radical (unpaired) electrons. The zero-order chi connectivity index (χ0) is 16.8. The highest BCUT2D eigenvalue weighted by Gasteiger charge is 2.10. The van der Waals surface area contributed by atoms with Gasteiger partial charge in [0.2, 0.25) is 5.91 Å². The molecule has 1 fully saturated rings. The van der Waals surface area contributed by atoms with E-state index in [1.807, 2.05) is 12.1 Å². The van der Waals surface area contributed by atoms with Crippen LogP contribution in [-0.4, -0.2) is 23.9 Å². The van der Waals surface area contributed by atoms with Crippen LogP contribution in [0.4, 0.5) is 10.1 Å². The van der Waals surface area contributed by atoms with E-state index in [-0.39, 0.29) is 18.1 Å². The minimum atomic E-state index is -0.288. The summed E-state index contributed by atoms with van der Waals surface area (Å²) in [7, 11) is 0. The van der Waals surface area contributed by atoms with Crippen molar-refractivity contribution in [3.8, 4) is 0 Å². The lowest BCUT2D eigenvalue weighted by Gasteiger charge is -2.26. The number of anilines is 1. The lowest BCUT2D eigenvalue weighted by molar-refractivity contribution is -0.115. The van der Waals surface area contributed by atoms with Crippen LogP contribution in [0.25, 0.3) is 0 Å². The predicted octanol–water partition coefficient (Wildman–Crippen LogP) is 3.99. The number of carbonyl (C=O) groups excluding carboxylic acids is 1. The lowest BCUT2D eigenvalue weighted by Crippen LogP contribution is -2.29. The molecule has 24 heavy (non-hydrogen) atoms. The minimum absolute atomic E-state index is 0.0922. The number of nitrogens with one attached hydrogen (secondary N) is 1. The standard InChI is InChI=1S/C20H23FN2O/c21-18-8-4-16(5-9-18)14-20(24)22-19-10-6-17(7-11-19)15-23-12-2-1-3-13-23/h4-11H,1-3,12-15H2,(H,22,24). The molecule has 1 heterocycles. The number of rotatable bonds is 5. The van der Waals surface area contributed by atoms with Gasteiger partial charge in [0.05, 0.1) is 6.42 Å². The van der Waals surface area contributed by atoms with Gasteiger partial charge in [-0.2, -0.15) is 0 Å². The molecule has 1 saturated heterocycles. The zero-order valence-electron chi connectivity index (χ0n) is 13.8. The maximum Gasteiger partial charge on any atom is 0.228 e. The molecule has 4 heteroatoms. The highest BCUT2D eigenvalue weighted by atomic mass is 19.1. The van der Waals surface area contributed by atoms with Gasteiger partial charge in [0.25, 0.3) is 0 Å². The van der Waals surface area contributed by atoms with E-state index in [4.69, 9.17) is 0 Å². The van der Waals surface area contributed by atoms with E-state index in [0.717, 1.165) is 17.8 Å². The van der Waals surface area contributed by atoms with Crippen LogP contribution < -0.4 is 5.32 Å². The molecule has 3 nitrogen and oxygen atoms in total. The van der Waals surface area contributed by atoms with Gasteiger partial charge in [-0.25, -0.2) is 4.39 Å². The Morgan fingerprint density at radius 2 is 1.54 bits per heavy atom. The average molecular weight is 326 g/mol. The van der Waals surface area contributed by atoms with Crippen LogP contribution in [0.5, 0.6) is 0 Å². The Balaban J connectivity index is 1.51. The van der Waals surface area contributed by atoms with Gasteiger partial charge in [0, 0.05) is 12.2 Å². The number of nitrogens with zero attached hydrogens (tertiary/aromatic N) is 1. The first-order valence-electron chi connectivity index (χ1n) is 8.55. The SMILES string of the molecule is O=C(Cc1ccc(F)cc1)Nc1ccc(CN2CCCCC2)cc1.